The second-order valence-electron chi connectivity index (χ2n) is 7.30. The molecule has 0 amide bonds. The van der Waals surface area contributed by atoms with Crippen LogP contribution < -0.4 is 15.0 Å². The maximum Gasteiger partial charge on any atom is 0.416 e. The van der Waals surface area contributed by atoms with E-state index in [0.717, 1.165) is 16.8 Å². The fourth-order valence-corrected chi connectivity index (χ4v) is 3.52. The second kappa shape index (κ2) is 8.09. The highest BCUT2D eigenvalue weighted by molar-refractivity contribution is 5.82. The van der Waals surface area contributed by atoms with Crippen LogP contribution in [0.4, 0.5) is 13.2 Å². The SMILES string of the molecule is O=c1c2ccccc2nc(-c2cccc(C(F)(F)F)c2)n1N=Cc1ccc2c(c1)OCCO2. The van der Waals surface area contributed by atoms with E-state index in [1.165, 1.54) is 18.3 Å². The minimum absolute atomic E-state index is 0.00130. The van der Waals surface area contributed by atoms with Crippen LogP contribution >= 0.6 is 0 Å². The van der Waals surface area contributed by atoms with Crippen LogP contribution in [-0.2, 0) is 6.18 Å². The van der Waals surface area contributed by atoms with Crippen molar-refractivity contribution in [3.05, 3.63) is 88.2 Å². The van der Waals surface area contributed by atoms with Crippen LogP contribution in [0.1, 0.15) is 11.1 Å². The van der Waals surface area contributed by atoms with E-state index < -0.39 is 17.3 Å². The summed E-state index contributed by atoms with van der Waals surface area (Å²) in [5.74, 6) is 1.15. The van der Waals surface area contributed by atoms with Crippen molar-refractivity contribution in [1.82, 2.24) is 9.66 Å². The molecule has 4 aromatic rings. The number of hydrogen-bond acceptors (Lipinski definition) is 5. The van der Waals surface area contributed by atoms with Gasteiger partial charge in [-0.25, -0.2) is 4.98 Å². The number of hydrogen-bond donors (Lipinski definition) is 0. The zero-order valence-electron chi connectivity index (χ0n) is 17.0. The number of nitrogens with zero attached hydrogens (tertiary/aromatic N) is 3. The maximum atomic E-state index is 13.3. The Balaban J connectivity index is 1.66. The fourth-order valence-electron chi connectivity index (χ4n) is 3.52. The lowest BCUT2D eigenvalue weighted by Crippen LogP contribution is -2.20. The van der Waals surface area contributed by atoms with E-state index >= 15 is 0 Å². The van der Waals surface area contributed by atoms with Crippen molar-refractivity contribution in [3.63, 3.8) is 0 Å². The molecule has 0 atom stereocenters. The smallest absolute Gasteiger partial charge is 0.416 e. The molecule has 1 aliphatic heterocycles. The first-order chi connectivity index (χ1) is 15.9. The molecule has 5 rings (SSSR count). The summed E-state index contributed by atoms with van der Waals surface area (Å²) in [6.45, 7) is 0.875. The molecule has 1 aliphatic rings. The lowest BCUT2D eigenvalue weighted by Gasteiger charge is -2.18. The Morgan fingerprint density at radius 1 is 0.939 bits per heavy atom. The molecular weight excluding hydrogens is 435 g/mol. The van der Waals surface area contributed by atoms with Crippen LogP contribution in [0.2, 0.25) is 0 Å². The molecule has 0 aliphatic carbocycles. The van der Waals surface area contributed by atoms with E-state index in [1.54, 1.807) is 42.5 Å². The fraction of sp³-hybridized carbons (Fsp3) is 0.125. The minimum Gasteiger partial charge on any atom is -0.486 e. The number of alkyl halides is 3. The standard InChI is InChI=1S/C24H16F3N3O3/c25-24(26,27)17-5-3-4-16(13-17)22-29-19-7-2-1-6-18(19)23(31)30(22)28-14-15-8-9-20-21(12-15)33-11-10-32-20/h1-9,12-14H,10-11H2. The molecule has 166 valence electrons. The summed E-state index contributed by atoms with van der Waals surface area (Å²) in [6, 6.07) is 16.4. The summed E-state index contributed by atoms with van der Waals surface area (Å²) in [6.07, 6.45) is -3.11. The van der Waals surface area contributed by atoms with Crippen LogP contribution in [0, 0.1) is 0 Å². The van der Waals surface area contributed by atoms with E-state index in [1.807, 2.05) is 0 Å². The second-order valence-corrected chi connectivity index (χ2v) is 7.30. The number of aromatic nitrogens is 2. The average Bonchev–Trinajstić information content (AvgIpc) is 2.83. The Hall–Kier alpha value is -4.14. The van der Waals surface area contributed by atoms with Gasteiger partial charge in [-0.05, 0) is 48.0 Å². The quantitative estimate of drug-likeness (QED) is 0.422. The molecule has 0 radical (unpaired) electrons. The lowest BCUT2D eigenvalue weighted by molar-refractivity contribution is -0.137. The number of para-hydroxylation sites is 1. The highest BCUT2D eigenvalue weighted by atomic mass is 19.4. The van der Waals surface area contributed by atoms with Crippen LogP contribution in [-0.4, -0.2) is 29.1 Å². The molecule has 0 unspecified atom stereocenters. The monoisotopic (exact) mass is 451 g/mol. The summed E-state index contributed by atoms with van der Waals surface area (Å²) >= 11 is 0. The van der Waals surface area contributed by atoms with Crippen molar-refractivity contribution in [1.29, 1.82) is 0 Å². The Morgan fingerprint density at radius 2 is 1.73 bits per heavy atom. The van der Waals surface area contributed by atoms with E-state index in [0.29, 0.717) is 41.2 Å². The average molecular weight is 451 g/mol. The van der Waals surface area contributed by atoms with Crippen molar-refractivity contribution in [2.24, 2.45) is 5.10 Å². The molecule has 1 aromatic heterocycles. The number of halogens is 3. The van der Waals surface area contributed by atoms with Crippen LogP contribution in [0.25, 0.3) is 22.3 Å². The molecule has 0 saturated heterocycles. The van der Waals surface area contributed by atoms with Gasteiger partial charge in [0, 0.05) is 5.56 Å². The number of fused-ring (bicyclic) bond motifs is 2. The molecule has 9 heteroatoms. The number of ether oxygens (including phenoxy) is 2. The summed E-state index contributed by atoms with van der Waals surface area (Å²) < 4.78 is 51.9. The lowest BCUT2D eigenvalue weighted by atomic mass is 10.1. The normalized spacial score (nSPS) is 13.5. The molecule has 0 spiro atoms. The van der Waals surface area contributed by atoms with E-state index in [-0.39, 0.29) is 11.4 Å². The Bertz CT molecular complexity index is 1440. The van der Waals surface area contributed by atoms with E-state index in [9.17, 15) is 18.0 Å². The van der Waals surface area contributed by atoms with Crippen molar-refractivity contribution in [2.45, 2.75) is 6.18 Å². The summed E-state index contributed by atoms with van der Waals surface area (Å²) in [4.78, 5) is 17.6. The van der Waals surface area contributed by atoms with Crippen molar-refractivity contribution < 1.29 is 22.6 Å². The third-order valence-electron chi connectivity index (χ3n) is 5.09. The molecule has 0 N–H and O–H groups in total. The Kier molecular flexibility index (Phi) is 5.08. The highest BCUT2D eigenvalue weighted by Crippen LogP contribution is 2.32. The maximum absolute atomic E-state index is 13.3. The molecule has 0 bridgehead atoms. The zero-order chi connectivity index (χ0) is 23.0. The van der Waals surface area contributed by atoms with Crippen molar-refractivity contribution in [3.8, 4) is 22.9 Å². The van der Waals surface area contributed by atoms with Gasteiger partial charge in [0.1, 0.15) is 13.2 Å². The zero-order valence-corrected chi connectivity index (χ0v) is 17.0. The molecule has 33 heavy (non-hydrogen) atoms. The van der Waals surface area contributed by atoms with Gasteiger partial charge in [-0.1, -0.05) is 24.3 Å². The first kappa shape index (κ1) is 20.7. The molecule has 0 saturated carbocycles. The Morgan fingerprint density at radius 3 is 2.55 bits per heavy atom. The van der Waals surface area contributed by atoms with E-state index in [4.69, 9.17) is 9.47 Å². The largest absolute Gasteiger partial charge is 0.486 e. The van der Waals surface area contributed by atoms with Crippen LogP contribution in [0.15, 0.2) is 76.6 Å². The molecule has 2 heterocycles. The summed E-state index contributed by atoms with van der Waals surface area (Å²) in [5.41, 5.74) is -0.242. The van der Waals surface area contributed by atoms with Gasteiger partial charge >= 0.3 is 6.18 Å². The van der Waals surface area contributed by atoms with Crippen molar-refractivity contribution in [2.75, 3.05) is 13.2 Å². The number of benzene rings is 3. The van der Waals surface area contributed by atoms with Gasteiger partial charge in [0.2, 0.25) is 0 Å². The molecular formula is C24H16F3N3O3. The molecule has 6 nitrogen and oxygen atoms in total. The number of rotatable bonds is 3. The van der Waals surface area contributed by atoms with Crippen LogP contribution in [0.3, 0.4) is 0 Å². The predicted octanol–water partition coefficient (Wildman–Crippen LogP) is 4.74. The van der Waals surface area contributed by atoms with Gasteiger partial charge in [-0.2, -0.15) is 22.9 Å². The van der Waals surface area contributed by atoms with Gasteiger partial charge in [-0.15, -0.1) is 0 Å². The van der Waals surface area contributed by atoms with E-state index in [2.05, 4.69) is 10.1 Å². The molecule has 0 fully saturated rings. The molecule has 3 aromatic carbocycles. The first-order valence-corrected chi connectivity index (χ1v) is 10.0. The third-order valence-corrected chi connectivity index (χ3v) is 5.09. The predicted molar refractivity (Wildman–Crippen MR) is 117 cm³/mol. The van der Waals surface area contributed by atoms with Gasteiger partial charge in [0.25, 0.3) is 5.56 Å². The van der Waals surface area contributed by atoms with Gasteiger partial charge in [0.05, 0.1) is 22.7 Å². The van der Waals surface area contributed by atoms with Gasteiger partial charge in [0.15, 0.2) is 17.3 Å². The van der Waals surface area contributed by atoms with Crippen molar-refractivity contribution >= 4 is 17.1 Å². The minimum atomic E-state index is -4.54. The van der Waals surface area contributed by atoms with Gasteiger partial charge < -0.3 is 9.47 Å². The summed E-state index contributed by atoms with van der Waals surface area (Å²) in [7, 11) is 0. The van der Waals surface area contributed by atoms with Gasteiger partial charge in [-0.3, -0.25) is 4.79 Å². The highest BCUT2D eigenvalue weighted by Gasteiger charge is 2.31. The topological polar surface area (TPSA) is 65.7 Å². The first-order valence-electron chi connectivity index (χ1n) is 10.0. The Labute approximate surface area is 185 Å². The van der Waals surface area contributed by atoms with Crippen LogP contribution in [0.5, 0.6) is 11.5 Å². The third kappa shape index (κ3) is 4.05. The summed E-state index contributed by atoms with van der Waals surface area (Å²) in [5, 5.41) is 4.58.